The summed E-state index contributed by atoms with van der Waals surface area (Å²) in [5.74, 6) is 0.990. The molecule has 0 atom stereocenters. The first-order chi connectivity index (χ1) is 8.33. The van der Waals surface area contributed by atoms with E-state index in [9.17, 15) is 5.11 Å². The van der Waals surface area contributed by atoms with Gasteiger partial charge in [0.05, 0.1) is 0 Å². The Morgan fingerprint density at radius 2 is 1.53 bits per heavy atom. The second kappa shape index (κ2) is 3.87. The summed E-state index contributed by atoms with van der Waals surface area (Å²) in [5.41, 5.74) is 0.976. The lowest BCUT2D eigenvalue weighted by Crippen LogP contribution is -1.86. The van der Waals surface area contributed by atoms with Crippen molar-refractivity contribution in [3.05, 3.63) is 54.9 Å². The highest BCUT2D eigenvalue weighted by Gasteiger charge is 2.01. The number of fused-ring (bicyclic) bond motifs is 1. The fourth-order valence-corrected chi connectivity index (χ4v) is 1.82. The SMILES string of the molecule is Oc1ccc2cc(-c3ncccn3)ccc2c1. The summed E-state index contributed by atoms with van der Waals surface area (Å²) in [6, 6.07) is 13.0. The van der Waals surface area contributed by atoms with Crippen LogP contribution in [-0.2, 0) is 0 Å². The normalized spacial score (nSPS) is 10.6. The van der Waals surface area contributed by atoms with Gasteiger partial charge in [-0.2, -0.15) is 0 Å². The number of hydrogen-bond acceptors (Lipinski definition) is 3. The molecule has 0 bridgehead atoms. The molecule has 1 aromatic heterocycles. The van der Waals surface area contributed by atoms with Gasteiger partial charge in [-0.05, 0) is 35.0 Å². The number of phenolic OH excluding ortho intramolecular Hbond substituents is 1. The number of rotatable bonds is 1. The average molecular weight is 222 g/mol. The van der Waals surface area contributed by atoms with Gasteiger partial charge in [0, 0.05) is 18.0 Å². The molecule has 3 rings (SSSR count). The lowest BCUT2D eigenvalue weighted by atomic mass is 10.1. The van der Waals surface area contributed by atoms with Gasteiger partial charge in [0.15, 0.2) is 5.82 Å². The summed E-state index contributed by atoms with van der Waals surface area (Å²) < 4.78 is 0. The van der Waals surface area contributed by atoms with Crippen molar-refractivity contribution in [1.82, 2.24) is 9.97 Å². The van der Waals surface area contributed by atoms with E-state index in [4.69, 9.17) is 0 Å². The zero-order valence-electron chi connectivity index (χ0n) is 9.04. The van der Waals surface area contributed by atoms with E-state index in [1.807, 2.05) is 24.3 Å². The zero-order valence-corrected chi connectivity index (χ0v) is 9.04. The van der Waals surface area contributed by atoms with Gasteiger partial charge in [-0.15, -0.1) is 0 Å². The second-order valence-corrected chi connectivity index (χ2v) is 3.82. The van der Waals surface area contributed by atoms with Crippen LogP contribution in [0.25, 0.3) is 22.2 Å². The van der Waals surface area contributed by atoms with Crippen molar-refractivity contribution >= 4 is 10.8 Å². The Morgan fingerprint density at radius 1 is 0.824 bits per heavy atom. The molecule has 82 valence electrons. The molecule has 2 aromatic carbocycles. The van der Waals surface area contributed by atoms with Crippen LogP contribution >= 0.6 is 0 Å². The first-order valence-electron chi connectivity index (χ1n) is 5.33. The summed E-state index contributed by atoms with van der Waals surface area (Å²) in [6.45, 7) is 0. The molecule has 0 aliphatic carbocycles. The summed E-state index contributed by atoms with van der Waals surface area (Å²) >= 11 is 0. The molecule has 3 nitrogen and oxygen atoms in total. The Kier molecular flexibility index (Phi) is 2.22. The topological polar surface area (TPSA) is 46.0 Å². The van der Waals surface area contributed by atoms with Gasteiger partial charge in [0.1, 0.15) is 5.75 Å². The van der Waals surface area contributed by atoms with Gasteiger partial charge in [-0.1, -0.05) is 18.2 Å². The summed E-state index contributed by atoms with van der Waals surface area (Å²) in [5, 5.41) is 11.5. The summed E-state index contributed by atoms with van der Waals surface area (Å²) in [4.78, 5) is 8.43. The van der Waals surface area contributed by atoms with Gasteiger partial charge in [-0.3, -0.25) is 0 Å². The van der Waals surface area contributed by atoms with Crippen LogP contribution in [0.4, 0.5) is 0 Å². The Morgan fingerprint density at radius 3 is 2.35 bits per heavy atom. The first-order valence-corrected chi connectivity index (χ1v) is 5.33. The van der Waals surface area contributed by atoms with Crippen molar-refractivity contribution in [2.45, 2.75) is 0 Å². The molecule has 1 heterocycles. The van der Waals surface area contributed by atoms with Crippen LogP contribution in [0.5, 0.6) is 5.75 Å². The number of hydrogen-bond donors (Lipinski definition) is 1. The van der Waals surface area contributed by atoms with E-state index in [0.717, 1.165) is 16.3 Å². The minimum atomic E-state index is 0.279. The van der Waals surface area contributed by atoms with Crippen LogP contribution in [0.1, 0.15) is 0 Å². The van der Waals surface area contributed by atoms with Crippen molar-refractivity contribution in [3.8, 4) is 17.1 Å². The number of aromatic hydroxyl groups is 1. The predicted octanol–water partition coefficient (Wildman–Crippen LogP) is 3.00. The highest BCUT2D eigenvalue weighted by Crippen LogP contribution is 2.24. The molecule has 0 radical (unpaired) electrons. The van der Waals surface area contributed by atoms with Crippen LogP contribution in [0.3, 0.4) is 0 Å². The quantitative estimate of drug-likeness (QED) is 0.688. The van der Waals surface area contributed by atoms with Crippen molar-refractivity contribution in [2.75, 3.05) is 0 Å². The Hall–Kier alpha value is -2.42. The minimum Gasteiger partial charge on any atom is -0.508 e. The molecule has 0 unspecified atom stereocenters. The zero-order chi connectivity index (χ0) is 11.7. The summed E-state index contributed by atoms with van der Waals surface area (Å²) in [7, 11) is 0. The third-order valence-electron chi connectivity index (χ3n) is 2.65. The fourth-order valence-electron chi connectivity index (χ4n) is 1.82. The van der Waals surface area contributed by atoms with Gasteiger partial charge in [-0.25, -0.2) is 9.97 Å². The molecular formula is C14H10N2O. The van der Waals surface area contributed by atoms with Gasteiger partial charge in [0.2, 0.25) is 0 Å². The van der Waals surface area contributed by atoms with Gasteiger partial charge < -0.3 is 5.11 Å². The van der Waals surface area contributed by atoms with Crippen LogP contribution in [-0.4, -0.2) is 15.1 Å². The third kappa shape index (κ3) is 1.83. The van der Waals surface area contributed by atoms with E-state index >= 15 is 0 Å². The lowest BCUT2D eigenvalue weighted by molar-refractivity contribution is 0.476. The lowest BCUT2D eigenvalue weighted by Gasteiger charge is -2.02. The molecule has 0 amide bonds. The van der Waals surface area contributed by atoms with E-state index in [1.54, 1.807) is 30.6 Å². The third-order valence-corrected chi connectivity index (χ3v) is 2.65. The standard InChI is InChI=1S/C14H10N2O/c17-13-5-4-10-8-12(3-2-11(10)9-13)14-15-6-1-7-16-14/h1-9,17H. The highest BCUT2D eigenvalue weighted by atomic mass is 16.3. The molecule has 1 N–H and O–H groups in total. The van der Waals surface area contributed by atoms with Gasteiger partial charge >= 0.3 is 0 Å². The number of benzene rings is 2. The monoisotopic (exact) mass is 222 g/mol. The van der Waals surface area contributed by atoms with Gasteiger partial charge in [0.25, 0.3) is 0 Å². The number of phenols is 1. The Labute approximate surface area is 98.4 Å². The molecule has 0 fully saturated rings. The van der Waals surface area contributed by atoms with Crippen molar-refractivity contribution < 1.29 is 5.11 Å². The maximum atomic E-state index is 9.39. The predicted molar refractivity (Wildman–Crippen MR) is 66.6 cm³/mol. The number of nitrogens with zero attached hydrogens (tertiary/aromatic N) is 2. The van der Waals surface area contributed by atoms with E-state index < -0.39 is 0 Å². The molecule has 0 aliphatic rings. The molecule has 0 saturated heterocycles. The van der Waals surface area contributed by atoms with E-state index in [0.29, 0.717) is 5.82 Å². The van der Waals surface area contributed by atoms with Crippen molar-refractivity contribution in [3.63, 3.8) is 0 Å². The first kappa shape index (κ1) is 9.78. The van der Waals surface area contributed by atoms with Crippen molar-refractivity contribution in [2.24, 2.45) is 0 Å². The molecule has 3 aromatic rings. The van der Waals surface area contributed by atoms with E-state index in [1.165, 1.54) is 0 Å². The molecule has 0 aliphatic heterocycles. The smallest absolute Gasteiger partial charge is 0.159 e. The maximum absolute atomic E-state index is 9.39. The minimum absolute atomic E-state index is 0.279. The number of aromatic nitrogens is 2. The van der Waals surface area contributed by atoms with Crippen molar-refractivity contribution in [1.29, 1.82) is 0 Å². The fraction of sp³-hybridized carbons (Fsp3) is 0. The molecule has 0 saturated carbocycles. The van der Waals surface area contributed by atoms with Crippen LogP contribution in [0.2, 0.25) is 0 Å². The van der Waals surface area contributed by atoms with Crippen LogP contribution in [0, 0.1) is 0 Å². The Bertz CT molecular complexity index is 665. The molecule has 0 spiro atoms. The molecular weight excluding hydrogens is 212 g/mol. The van der Waals surface area contributed by atoms with Crippen LogP contribution in [0.15, 0.2) is 54.9 Å². The maximum Gasteiger partial charge on any atom is 0.159 e. The molecule has 17 heavy (non-hydrogen) atoms. The van der Waals surface area contributed by atoms with Crippen LogP contribution < -0.4 is 0 Å². The van der Waals surface area contributed by atoms with E-state index in [2.05, 4.69) is 9.97 Å². The van der Waals surface area contributed by atoms with E-state index in [-0.39, 0.29) is 5.75 Å². The molecule has 3 heteroatoms. The second-order valence-electron chi connectivity index (χ2n) is 3.82. The largest absolute Gasteiger partial charge is 0.508 e. The highest BCUT2D eigenvalue weighted by molar-refractivity contribution is 5.87. The Balaban J connectivity index is 2.17. The average Bonchev–Trinajstić information content (AvgIpc) is 2.39. The summed E-state index contributed by atoms with van der Waals surface area (Å²) in [6.07, 6.45) is 3.45.